The summed E-state index contributed by atoms with van der Waals surface area (Å²) in [6, 6.07) is 3.24. The van der Waals surface area contributed by atoms with Crippen LogP contribution in [0.5, 0.6) is 0 Å². The number of rotatable bonds is 6. The van der Waals surface area contributed by atoms with E-state index in [2.05, 4.69) is 15.6 Å². The van der Waals surface area contributed by atoms with Gasteiger partial charge in [-0.15, -0.1) is 0 Å². The number of nitrogens with zero attached hydrogens (tertiary/aromatic N) is 2. The maximum Gasteiger partial charge on any atom is 0.317 e. The number of benzene rings is 1. The Labute approximate surface area is 171 Å². The van der Waals surface area contributed by atoms with Crippen molar-refractivity contribution in [3.8, 4) is 0 Å². The monoisotopic (exact) mass is 423 g/mol. The van der Waals surface area contributed by atoms with Crippen molar-refractivity contribution in [1.82, 2.24) is 15.2 Å². The second-order valence-electron chi connectivity index (χ2n) is 6.80. The van der Waals surface area contributed by atoms with E-state index in [0.717, 1.165) is 29.9 Å². The fraction of sp³-hybridized carbons (Fsp3) is 0.421. The number of piperidine rings is 1. The molecule has 4 N–H and O–H groups in total. The molecule has 2 aromatic rings. The zero-order valence-electron chi connectivity index (χ0n) is 16.0. The first-order valence-electron chi connectivity index (χ1n) is 9.45. The fourth-order valence-corrected chi connectivity index (χ4v) is 4.04. The van der Waals surface area contributed by atoms with E-state index in [1.165, 1.54) is 6.07 Å². The molecule has 3 rings (SSSR count). The molecular formula is C19H23F2N5O2S. The van der Waals surface area contributed by atoms with E-state index in [4.69, 9.17) is 5.73 Å². The molecule has 1 aromatic carbocycles. The van der Waals surface area contributed by atoms with Gasteiger partial charge in [0.15, 0.2) is 5.13 Å². The van der Waals surface area contributed by atoms with Crippen LogP contribution in [0.3, 0.4) is 0 Å². The van der Waals surface area contributed by atoms with E-state index >= 15 is 0 Å². The third-order valence-corrected chi connectivity index (χ3v) is 5.69. The first-order chi connectivity index (χ1) is 13.9. The number of hydrogen-bond acceptors (Lipinski definition) is 6. The summed E-state index contributed by atoms with van der Waals surface area (Å²) in [5.41, 5.74) is 5.19. The van der Waals surface area contributed by atoms with Crippen LogP contribution >= 0.6 is 11.3 Å². The molecule has 0 bridgehead atoms. The molecule has 0 saturated carbocycles. The van der Waals surface area contributed by atoms with Gasteiger partial charge in [-0.2, -0.15) is 0 Å². The second-order valence-corrected chi connectivity index (χ2v) is 7.80. The van der Waals surface area contributed by atoms with E-state index in [-0.39, 0.29) is 22.8 Å². The van der Waals surface area contributed by atoms with Crippen molar-refractivity contribution >= 4 is 34.1 Å². The molecule has 0 aliphatic carbocycles. The van der Waals surface area contributed by atoms with Crippen LogP contribution in [0.15, 0.2) is 18.2 Å². The highest BCUT2D eigenvalue weighted by Crippen LogP contribution is 2.30. The Morgan fingerprint density at radius 3 is 2.55 bits per heavy atom. The summed E-state index contributed by atoms with van der Waals surface area (Å²) in [6.45, 7) is 3.84. The number of urea groups is 1. The summed E-state index contributed by atoms with van der Waals surface area (Å²) >= 11 is 0.969. The maximum absolute atomic E-state index is 13.9. The number of ketones is 1. The van der Waals surface area contributed by atoms with Gasteiger partial charge < -0.3 is 21.3 Å². The predicted octanol–water partition coefficient (Wildman–Crippen LogP) is 3.23. The van der Waals surface area contributed by atoms with Gasteiger partial charge in [0.05, 0.1) is 5.56 Å². The van der Waals surface area contributed by atoms with Crippen LogP contribution in [-0.4, -0.2) is 47.4 Å². The van der Waals surface area contributed by atoms with Gasteiger partial charge in [0.1, 0.15) is 22.3 Å². The number of nitrogens with two attached hydrogens (primary N) is 1. The molecule has 2 heterocycles. The molecule has 29 heavy (non-hydrogen) atoms. The van der Waals surface area contributed by atoms with Gasteiger partial charge >= 0.3 is 6.03 Å². The number of carbonyl (C=O) groups is 2. The van der Waals surface area contributed by atoms with Crippen molar-refractivity contribution in [3.05, 3.63) is 40.3 Å². The van der Waals surface area contributed by atoms with E-state index < -0.39 is 23.0 Å². The first-order valence-corrected chi connectivity index (χ1v) is 10.3. The quantitative estimate of drug-likeness (QED) is 0.620. The number of amides is 2. The molecule has 0 radical (unpaired) electrons. The lowest BCUT2D eigenvalue weighted by molar-refractivity contribution is 0.103. The molecular weight excluding hydrogens is 400 g/mol. The third-order valence-electron chi connectivity index (χ3n) is 4.69. The number of carbonyl (C=O) groups excluding carboxylic acids is 2. The van der Waals surface area contributed by atoms with Gasteiger partial charge in [-0.1, -0.05) is 24.3 Å². The number of nitrogen functional groups attached to an aromatic ring is 1. The van der Waals surface area contributed by atoms with Crippen molar-refractivity contribution in [2.45, 2.75) is 32.2 Å². The van der Waals surface area contributed by atoms with Crippen molar-refractivity contribution in [1.29, 1.82) is 0 Å². The van der Waals surface area contributed by atoms with E-state index in [0.29, 0.717) is 37.6 Å². The number of thiazole rings is 1. The summed E-state index contributed by atoms with van der Waals surface area (Å²) < 4.78 is 27.8. The van der Waals surface area contributed by atoms with Crippen LogP contribution in [0.1, 0.15) is 41.4 Å². The van der Waals surface area contributed by atoms with Crippen LogP contribution in [-0.2, 0) is 0 Å². The number of nitrogens with one attached hydrogen (secondary N) is 2. The Hall–Kier alpha value is -2.75. The Morgan fingerprint density at radius 1 is 1.28 bits per heavy atom. The van der Waals surface area contributed by atoms with Crippen molar-refractivity contribution in [3.63, 3.8) is 0 Å². The van der Waals surface area contributed by atoms with Crippen LogP contribution in [0.2, 0.25) is 0 Å². The van der Waals surface area contributed by atoms with Crippen LogP contribution in [0.4, 0.5) is 24.5 Å². The average Bonchev–Trinajstić information content (AvgIpc) is 3.06. The minimum Gasteiger partial charge on any atom is -0.382 e. The summed E-state index contributed by atoms with van der Waals surface area (Å²) in [5.74, 6) is -2.77. The lowest BCUT2D eigenvalue weighted by atomic mass is 10.1. The molecule has 1 aliphatic heterocycles. The highest BCUT2D eigenvalue weighted by Gasteiger charge is 2.26. The Balaban J connectivity index is 1.63. The summed E-state index contributed by atoms with van der Waals surface area (Å²) in [6.07, 6.45) is 2.31. The van der Waals surface area contributed by atoms with Crippen molar-refractivity contribution in [2.24, 2.45) is 0 Å². The van der Waals surface area contributed by atoms with Crippen molar-refractivity contribution < 1.29 is 18.4 Å². The number of anilines is 2. The first kappa shape index (κ1) is 21.0. The standard InChI is InChI=1S/C19H23F2N5O2S/c1-2-8-23-19(28)26-9-6-11(7-10-26)24-18-25-17(22)16(29-18)15(27)14-12(20)4-3-5-13(14)21/h3-5,11H,2,6-10,22H2,1H3,(H,23,28)(H,24,25). The van der Waals surface area contributed by atoms with Gasteiger partial charge in [-0.3, -0.25) is 4.79 Å². The Kier molecular flexibility index (Phi) is 6.63. The zero-order valence-corrected chi connectivity index (χ0v) is 16.8. The molecule has 1 fully saturated rings. The fourth-order valence-electron chi connectivity index (χ4n) is 3.13. The Morgan fingerprint density at radius 2 is 1.93 bits per heavy atom. The molecule has 10 heteroatoms. The zero-order chi connectivity index (χ0) is 21.0. The largest absolute Gasteiger partial charge is 0.382 e. The predicted molar refractivity (Wildman–Crippen MR) is 108 cm³/mol. The number of likely N-dealkylation sites (tertiary alicyclic amines) is 1. The normalized spacial score (nSPS) is 14.7. The van der Waals surface area contributed by atoms with Crippen LogP contribution in [0.25, 0.3) is 0 Å². The van der Waals surface area contributed by atoms with Crippen LogP contribution < -0.4 is 16.4 Å². The summed E-state index contributed by atoms with van der Waals surface area (Å²) in [5, 5.41) is 6.48. The topological polar surface area (TPSA) is 100 Å². The lowest BCUT2D eigenvalue weighted by Gasteiger charge is -2.32. The van der Waals surface area contributed by atoms with E-state index in [1.54, 1.807) is 4.90 Å². The SMILES string of the molecule is CCCNC(=O)N1CCC(Nc2nc(N)c(C(=O)c3c(F)cccc3F)s2)CC1. The van der Waals surface area contributed by atoms with E-state index in [1.807, 2.05) is 6.92 Å². The molecule has 1 saturated heterocycles. The molecule has 0 unspecified atom stereocenters. The molecule has 7 nitrogen and oxygen atoms in total. The molecule has 2 amide bonds. The highest BCUT2D eigenvalue weighted by molar-refractivity contribution is 7.18. The average molecular weight is 423 g/mol. The molecule has 1 aromatic heterocycles. The molecule has 156 valence electrons. The van der Waals surface area contributed by atoms with Gasteiger partial charge in [-0.25, -0.2) is 18.6 Å². The molecule has 0 spiro atoms. The third kappa shape index (κ3) is 4.81. The second kappa shape index (κ2) is 9.17. The Bertz CT molecular complexity index is 876. The van der Waals surface area contributed by atoms with Crippen LogP contribution in [0, 0.1) is 11.6 Å². The van der Waals surface area contributed by atoms with E-state index in [9.17, 15) is 18.4 Å². The van der Waals surface area contributed by atoms with Gasteiger partial charge in [0, 0.05) is 25.7 Å². The smallest absolute Gasteiger partial charge is 0.317 e. The van der Waals surface area contributed by atoms with Crippen molar-refractivity contribution in [2.75, 3.05) is 30.7 Å². The van der Waals surface area contributed by atoms with Gasteiger partial charge in [0.2, 0.25) is 5.78 Å². The summed E-state index contributed by atoms with van der Waals surface area (Å²) in [7, 11) is 0. The highest BCUT2D eigenvalue weighted by atomic mass is 32.1. The lowest BCUT2D eigenvalue weighted by Crippen LogP contribution is -2.47. The molecule has 1 aliphatic rings. The molecule has 0 atom stereocenters. The van der Waals surface area contributed by atoms with Gasteiger partial charge in [-0.05, 0) is 31.4 Å². The number of halogens is 2. The number of hydrogen-bond donors (Lipinski definition) is 3. The van der Waals surface area contributed by atoms with Gasteiger partial charge in [0.25, 0.3) is 0 Å². The minimum atomic E-state index is -0.939. The maximum atomic E-state index is 13.9. The summed E-state index contributed by atoms with van der Waals surface area (Å²) in [4.78, 5) is 30.4. The number of aromatic nitrogens is 1. The minimum absolute atomic E-state index is 0.00659.